The molecule has 4 nitrogen and oxygen atoms in total. The predicted octanol–water partition coefficient (Wildman–Crippen LogP) is 1.43. The van der Waals surface area contributed by atoms with Gasteiger partial charge in [0.2, 0.25) is 5.91 Å². The Morgan fingerprint density at radius 3 is 3.06 bits per heavy atom. The highest BCUT2D eigenvalue weighted by molar-refractivity contribution is 6.00. The molecule has 0 saturated carbocycles. The highest BCUT2D eigenvalue weighted by Crippen LogP contribution is 2.45. The minimum Gasteiger partial charge on any atom is -0.316 e. The number of anilines is 1. The Morgan fingerprint density at radius 2 is 2.33 bits per heavy atom. The first-order valence-electron chi connectivity index (χ1n) is 6.57. The Kier molecular flexibility index (Phi) is 2.63. The molecule has 0 aromatic carbocycles. The van der Waals surface area contributed by atoms with Gasteiger partial charge in [0.1, 0.15) is 0 Å². The van der Waals surface area contributed by atoms with Crippen LogP contribution in [0.5, 0.6) is 0 Å². The third-order valence-corrected chi connectivity index (χ3v) is 4.40. The Morgan fingerprint density at radius 1 is 1.50 bits per heavy atom. The van der Waals surface area contributed by atoms with Crippen molar-refractivity contribution in [3.63, 3.8) is 0 Å². The summed E-state index contributed by atoms with van der Waals surface area (Å²) in [5.41, 5.74) is 0.651. The molecule has 1 amide bonds. The Hall–Kier alpha value is -1.42. The van der Waals surface area contributed by atoms with Crippen molar-refractivity contribution in [2.75, 3.05) is 18.0 Å². The number of carbonyl (C=O) groups excluding carboxylic acids is 1. The van der Waals surface area contributed by atoms with Gasteiger partial charge in [-0.3, -0.25) is 9.78 Å². The smallest absolute Gasteiger partial charge is 0.233 e. The van der Waals surface area contributed by atoms with Crippen molar-refractivity contribution in [3.05, 3.63) is 24.5 Å². The van der Waals surface area contributed by atoms with E-state index in [2.05, 4.69) is 24.1 Å². The Bertz CT molecular complexity index is 457. The summed E-state index contributed by atoms with van der Waals surface area (Å²) in [5, 5.41) is 3.41. The lowest BCUT2D eigenvalue weighted by atomic mass is 9.76. The summed E-state index contributed by atoms with van der Waals surface area (Å²) in [5.74, 6) is 0.619. The first-order chi connectivity index (χ1) is 8.62. The fourth-order valence-corrected chi connectivity index (χ4v) is 3.31. The van der Waals surface area contributed by atoms with Crippen LogP contribution in [0.15, 0.2) is 24.5 Å². The normalized spacial score (nSPS) is 30.3. The van der Waals surface area contributed by atoms with Crippen molar-refractivity contribution < 1.29 is 4.79 Å². The number of rotatable bonds is 1. The molecule has 2 aliphatic rings. The topological polar surface area (TPSA) is 45.2 Å². The van der Waals surface area contributed by atoms with Gasteiger partial charge in [0.25, 0.3) is 0 Å². The van der Waals surface area contributed by atoms with Gasteiger partial charge in [0.15, 0.2) is 0 Å². The summed E-state index contributed by atoms with van der Waals surface area (Å²) in [7, 11) is 0. The minimum atomic E-state index is -0.284. The molecule has 0 spiro atoms. The lowest BCUT2D eigenvalue weighted by molar-refractivity contribution is -0.125. The van der Waals surface area contributed by atoms with E-state index in [4.69, 9.17) is 0 Å². The largest absolute Gasteiger partial charge is 0.316 e. The van der Waals surface area contributed by atoms with Gasteiger partial charge in [0.05, 0.1) is 17.3 Å². The number of nitrogens with one attached hydrogen (secondary N) is 1. The second kappa shape index (κ2) is 4.05. The molecule has 3 heterocycles. The van der Waals surface area contributed by atoms with E-state index in [1.54, 1.807) is 12.4 Å². The van der Waals surface area contributed by atoms with Crippen molar-refractivity contribution >= 4 is 11.6 Å². The standard InChI is InChI=1S/C14H19N3O/c1-14(2)11-9-16-7-5-12(11)17(13(14)18)10-4-3-6-15-8-10/h3-4,6,8,11-12,16H,5,7,9H2,1-2H3. The molecule has 96 valence electrons. The van der Waals surface area contributed by atoms with Crippen molar-refractivity contribution in [1.82, 2.24) is 10.3 Å². The molecule has 2 atom stereocenters. The van der Waals surface area contributed by atoms with Gasteiger partial charge in [-0.05, 0) is 25.1 Å². The highest BCUT2D eigenvalue weighted by Gasteiger charge is 2.54. The molecule has 1 aromatic rings. The number of piperidine rings is 1. The van der Waals surface area contributed by atoms with Gasteiger partial charge < -0.3 is 10.2 Å². The van der Waals surface area contributed by atoms with E-state index in [0.29, 0.717) is 12.0 Å². The highest BCUT2D eigenvalue weighted by atomic mass is 16.2. The minimum absolute atomic E-state index is 0.231. The predicted molar refractivity (Wildman–Crippen MR) is 70.3 cm³/mol. The number of hydrogen-bond donors (Lipinski definition) is 1. The van der Waals surface area contributed by atoms with E-state index < -0.39 is 0 Å². The lowest BCUT2D eigenvalue weighted by Gasteiger charge is -2.33. The van der Waals surface area contributed by atoms with Crippen molar-refractivity contribution in [2.45, 2.75) is 26.3 Å². The molecule has 1 N–H and O–H groups in total. The molecule has 2 saturated heterocycles. The van der Waals surface area contributed by atoms with E-state index in [1.807, 2.05) is 17.0 Å². The van der Waals surface area contributed by atoms with E-state index in [9.17, 15) is 4.79 Å². The molecule has 2 fully saturated rings. The van der Waals surface area contributed by atoms with Gasteiger partial charge in [-0.15, -0.1) is 0 Å². The number of fused-ring (bicyclic) bond motifs is 1. The summed E-state index contributed by atoms with van der Waals surface area (Å²) in [6.07, 6.45) is 4.56. The number of amides is 1. The van der Waals surface area contributed by atoms with Crippen molar-refractivity contribution in [2.24, 2.45) is 11.3 Å². The number of hydrogen-bond acceptors (Lipinski definition) is 3. The Labute approximate surface area is 107 Å². The van der Waals surface area contributed by atoms with Gasteiger partial charge in [0, 0.05) is 24.7 Å². The van der Waals surface area contributed by atoms with Gasteiger partial charge in [-0.1, -0.05) is 13.8 Å². The summed E-state index contributed by atoms with van der Waals surface area (Å²) in [6, 6.07) is 4.19. The molecule has 2 aliphatic heterocycles. The molecule has 4 heteroatoms. The molecule has 1 aromatic heterocycles. The van der Waals surface area contributed by atoms with E-state index in [1.165, 1.54) is 0 Å². The summed E-state index contributed by atoms with van der Waals surface area (Å²) >= 11 is 0. The monoisotopic (exact) mass is 245 g/mol. The van der Waals surface area contributed by atoms with Crippen LogP contribution in [0.25, 0.3) is 0 Å². The van der Waals surface area contributed by atoms with Crippen LogP contribution in [0.3, 0.4) is 0 Å². The van der Waals surface area contributed by atoms with Crippen LogP contribution in [0.4, 0.5) is 5.69 Å². The zero-order valence-electron chi connectivity index (χ0n) is 10.9. The molecule has 0 aliphatic carbocycles. The second-order valence-electron chi connectivity index (χ2n) is 5.77. The second-order valence-corrected chi connectivity index (χ2v) is 5.77. The van der Waals surface area contributed by atoms with Crippen LogP contribution in [-0.4, -0.2) is 30.0 Å². The van der Waals surface area contributed by atoms with Crippen LogP contribution < -0.4 is 10.2 Å². The third-order valence-electron chi connectivity index (χ3n) is 4.40. The molecule has 3 rings (SSSR count). The number of carbonyl (C=O) groups is 1. The fourth-order valence-electron chi connectivity index (χ4n) is 3.31. The van der Waals surface area contributed by atoms with E-state index in [-0.39, 0.29) is 11.3 Å². The van der Waals surface area contributed by atoms with Crippen LogP contribution in [0, 0.1) is 11.3 Å². The quantitative estimate of drug-likeness (QED) is 0.814. The molecule has 2 unspecified atom stereocenters. The maximum absolute atomic E-state index is 12.7. The average molecular weight is 245 g/mol. The SMILES string of the molecule is CC1(C)C(=O)N(c2cccnc2)C2CCNCC21. The average Bonchev–Trinajstić information content (AvgIpc) is 2.60. The number of pyridine rings is 1. The molecule has 0 radical (unpaired) electrons. The van der Waals surface area contributed by atoms with Crippen LogP contribution >= 0.6 is 0 Å². The lowest BCUT2D eigenvalue weighted by Crippen LogP contribution is -2.45. The molecular weight excluding hydrogens is 226 g/mol. The van der Waals surface area contributed by atoms with Gasteiger partial charge >= 0.3 is 0 Å². The first kappa shape index (κ1) is 11.7. The summed E-state index contributed by atoms with van der Waals surface area (Å²) in [6.45, 7) is 6.05. The Balaban J connectivity index is 2.02. The summed E-state index contributed by atoms with van der Waals surface area (Å²) in [4.78, 5) is 18.8. The van der Waals surface area contributed by atoms with Gasteiger partial charge in [-0.25, -0.2) is 0 Å². The van der Waals surface area contributed by atoms with Gasteiger partial charge in [-0.2, -0.15) is 0 Å². The first-order valence-corrected chi connectivity index (χ1v) is 6.57. The van der Waals surface area contributed by atoms with E-state index >= 15 is 0 Å². The van der Waals surface area contributed by atoms with Crippen molar-refractivity contribution in [1.29, 1.82) is 0 Å². The third kappa shape index (κ3) is 1.56. The maximum atomic E-state index is 12.7. The fraction of sp³-hybridized carbons (Fsp3) is 0.571. The summed E-state index contributed by atoms with van der Waals surface area (Å²) < 4.78 is 0. The van der Waals surface area contributed by atoms with Crippen LogP contribution in [-0.2, 0) is 4.79 Å². The number of nitrogens with zero attached hydrogens (tertiary/aromatic N) is 2. The molecule has 18 heavy (non-hydrogen) atoms. The molecular formula is C14H19N3O. The maximum Gasteiger partial charge on any atom is 0.233 e. The zero-order valence-corrected chi connectivity index (χ0v) is 10.9. The zero-order chi connectivity index (χ0) is 12.8. The van der Waals surface area contributed by atoms with Crippen LogP contribution in [0.1, 0.15) is 20.3 Å². The van der Waals surface area contributed by atoms with Crippen LogP contribution in [0.2, 0.25) is 0 Å². The van der Waals surface area contributed by atoms with Crippen molar-refractivity contribution in [3.8, 4) is 0 Å². The number of aromatic nitrogens is 1. The van der Waals surface area contributed by atoms with E-state index in [0.717, 1.165) is 25.2 Å². The molecule has 0 bridgehead atoms.